The first kappa shape index (κ1) is 13.0. The summed E-state index contributed by atoms with van der Waals surface area (Å²) in [5, 5.41) is 10.8. The van der Waals surface area contributed by atoms with Crippen LogP contribution in [0.2, 0.25) is 0 Å². The van der Waals surface area contributed by atoms with Crippen LogP contribution in [0.25, 0.3) is 20.8 Å². The molecule has 0 aliphatic carbocycles. The van der Waals surface area contributed by atoms with Crippen molar-refractivity contribution in [3.63, 3.8) is 0 Å². The van der Waals surface area contributed by atoms with Crippen LogP contribution in [0.5, 0.6) is 5.75 Å². The molecule has 0 spiro atoms. The molecule has 0 saturated heterocycles. The summed E-state index contributed by atoms with van der Waals surface area (Å²) in [5.41, 5.74) is 7.63. The van der Waals surface area contributed by atoms with E-state index in [9.17, 15) is 5.11 Å². The van der Waals surface area contributed by atoms with Gasteiger partial charge in [-0.05, 0) is 12.1 Å². The minimum absolute atomic E-state index is 0.151. The molecule has 3 aromatic rings. The highest BCUT2D eigenvalue weighted by Crippen LogP contribution is 2.40. The lowest BCUT2D eigenvalue weighted by atomic mass is 10.3. The quantitative estimate of drug-likeness (QED) is 0.774. The normalized spacial score (nSPS) is 11.2. The number of rotatable bonds is 4. The summed E-state index contributed by atoms with van der Waals surface area (Å²) in [6.07, 6.45) is 1.62. The van der Waals surface area contributed by atoms with Gasteiger partial charge in [0.15, 0.2) is 0 Å². The molecule has 0 amide bonds. The maximum Gasteiger partial charge on any atom is 0.145 e. The number of hydrogen-bond donors (Lipinski definition) is 2. The highest BCUT2D eigenvalue weighted by Gasteiger charge is 2.18. The van der Waals surface area contributed by atoms with Crippen LogP contribution in [0, 0.1) is 0 Å². The standard InChI is InChI=1S/C14H15N3O2S/c1-19-7-6-17-8-10(18)12(13(17)15)14-16-9-4-2-3-5-11(9)20-14/h2-5,8,18H,6-7,15H2,1H3. The lowest BCUT2D eigenvalue weighted by Gasteiger charge is -2.04. The van der Waals surface area contributed by atoms with E-state index in [0.717, 1.165) is 15.2 Å². The molecule has 2 aromatic heterocycles. The summed E-state index contributed by atoms with van der Waals surface area (Å²) in [6.45, 7) is 1.14. The number of methoxy groups -OCH3 is 1. The van der Waals surface area contributed by atoms with Crippen molar-refractivity contribution in [1.29, 1.82) is 0 Å². The van der Waals surface area contributed by atoms with E-state index >= 15 is 0 Å². The van der Waals surface area contributed by atoms with Crippen LogP contribution >= 0.6 is 11.3 Å². The zero-order valence-electron chi connectivity index (χ0n) is 11.0. The van der Waals surface area contributed by atoms with Crippen molar-refractivity contribution in [3.8, 4) is 16.3 Å². The van der Waals surface area contributed by atoms with E-state index in [-0.39, 0.29) is 5.75 Å². The van der Waals surface area contributed by atoms with Crippen molar-refractivity contribution in [2.45, 2.75) is 6.54 Å². The van der Waals surface area contributed by atoms with E-state index in [0.29, 0.717) is 24.5 Å². The summed E-state index contributed by atoms with van der Waals surface area (Å²) < 4.78 is 7.89. The van der Waals surface area contributed by atoms with Crippen molar-refractivity contribution < 1.29 is 9.84 Å². The van der Waals surface area contributed by atoms with Gasteiger partial charge in [-0.15, -0.1) is 11.3 Å². The van der Waals surface area contributed by atoms with Gasteiger partial charge in [0.25, 0.3) is 0 Å². The number of nitrogen functional groups attached to an aromatic ring is 1. The molecule has 3 N–H and O–H groups in total. The first-order valence-corrected chi connectivity index (χ1v) is 7.05. The fraction of sp³-hybridized carbons (Fsp3) is 0.214. The minimum atomic E-state index is 0.151. The van der Waals surface area contributed by atoms with Crippen LogP contribution in [0.3, 0.4) is 0 Å². The summed E-state index contributed by atoms with van der Waals surface area (Å²) in [6, 6.07) is 7.87. The fourth-order valence-electron chi connectivity index (χ4n) is 2.13. The molecule has 0 aliphatic rings. The van der Waals surface area contributed by atoms with Gasteiger partial charge in [-0.25, -0.2) is 4.98 Å². The Hall–Kier alpha value is -2.05. The molecule has 0 bridgehead atoms. The summed E-state index contributed by atoms with van der Waals surface area (Å²) in [4.78, 5) is 4.53. The number of hydrogen-bond acceptors (Lipinski definition) is 5. The molecule has 104 valence electrons. The summed E-state index contributed by atoms with van der Waals surface area (Å²) in [7, 11) is 1.63. The third kappa shape index (κ3) is 2.13. The van der Waals surface area contributed by atoms with E-state index in [4.69, 9.17) is 10.5 Å². The number of aromatic hydroxyl groups is 1. The maximum absolute atomic E-state index is 10.1. The molecule has 1 aromatic carbocycles. The third-order valence-electron chi connectivity index (χ3n) is 3.14. The Bertz CT molecular complexity index is 715. The summed E-state index contributed by atoms with van der Waals surface area (Å²) in [5.74, 6) is 0.663. The molecule has 6 heteroatoms. The zero-order chi connectivity index (χ0) is 14.1. The Morgan fingerprint density at radius 3 is 2.95 bits per heavy atom. The Morgan fingerprint density at radius 2 is 2.20 bits per heavy atom. The smallest absolute Gasteiger partial charge is 0.145 e. The number of aromatic nitrogens is 2. The number of para-hydroxylation sites is 1. The molecule has 2 heterocycles. The Kier molecular flexibility index (Phi) is 3.33. The molecule has 5 nitrogen and oxygen atoms in total. The predicted molar refractivity (Wildman–Crippen MR) is 81.0 cm³/mol. The molecule has 0 saturated carbocycles. The van der Waals surface area contributed by atoms with Crippen LogP contribution in [-0.2, 0) is 11.3 Å². The molecular weight excluding hydrogens is 274 g/mol. The fourth-order valence-corrected chi connectivity index (χ4v) is 3.16. The Labute approximate surface area is 120 Å². The number of benzene rings is 1. The molecule has 0 unspecified atom stereocenters. The van der Waals surface area contributed by atoms with E-state index in [1.54, 1.807) is 17.9 Å². The lowest BCUT2D eigenvalue weighted by molar-refractivity contribution is 0.188. The van der Waals surface area contributed by atoms with Crippen LogP contribution in [0.15, 0.2) is 30.5 Å². The van der Waals surface area contributed by atoms with E-state index < -0.39 is 0 Å². The van der Waals surface area contributed by atoms with Gasteiger partial charge in [-0.2, -0.15) is 0 Å². The molecule has 0 aliphatic heterocycles. The lowest BCUT2D eigenvalue weighted by Crippen LogP contribution is -2.06. The largest absolute Gasteiger partial charge is 0.506 e. The van der Waals surface area contributed by atoms with Crippen molar-refractivity contribution in [1.82, 2.24) is 9.55 Å². The van der Waals surface area contributed by atoms with E-state index in [1.807, 2.05) is 24.3 Å². The average molecular weight is 289 g/mol. The van der Waals surface area contributed by atoms with Gasteiger partial charge in [0.1, 0.15) is 16.6 Å². The van der Waals surface area contributed by atoms with E-state index in [1.165, 1.54) is 11.3 Å². The minimum Gasteiger partial charge on any atom is -0.506 e. The topological polar surface area (TPSA) is 73.3 Å². The monoisotopic (exact) mass is 289 g/mol. The van der Waals surface area contributed by atoms with Gasteiger partial charge >= 0.3 is 0 Å². The summed E-state index contributed by atoms with van der Waals surface area (Å²) >= 11 is 1.52. The zero-order valence-corrected chi connectivity index (χ0v) is 11.9. The van der Waals surface area contributed by atoms with Crippen LogP contribution in [0.1, 0.15) is 0 Å². The van der Waals surface area contributed by atoms with Crippen LogP contribution in [0.4, 0.5) is 5.82 Å². The highest BCUT2D eigenvalue weighted by molar-refractivity contribution is 7.21. The Morgan fingerprint density at radius 1 is 1.40 bits per heavy atom. The molecule has 0 atom stereocenters. The number of nitrogens with zero attached hydrogens (tertiary/aromatic N) is 2. The van der Waals surface area contributed by atoms with Gasteiger partial charge in [0.2, 0.25) is 0 Å². The first-order valence-electron chi connectivity index (χ1n) is 6.23. The van der Waals surface area contributed by atoms with Gasteiger partial charge in [0.05, 0.1) is 22.4 Å². The Balaban J connectivity index is 2.07. The third-order valence-corrected chi connectivity index (χ3v) is 4.20. The highest BCUT2D eigenvalue weighted by atomic mass is 32.1. The molecule has 3 rings (SSSR count). The van der Waals surface area contributed by atoms with Crippen LogP contribution in [-0.4, -0.2) is 28.4 Å². The molecule has 0 fully saturated rings. The van der Waals surface area contributed by atoms with Crippen LogP contribution < -0.4 is 5.73 Å². The van der Waals surface area contributed by atoms with Gasteiger partial charge in [0, 0.05) is 19.9 Å². The number of ether oxygens (including phenoxy) is 1. The predicted octanol–water partition coefficient (Wildman–Crippen LogP) is 2.70. The number of fused-ring (bicyclic) bond motifs is 1. The van der Waals surface area contributed by atoms with Crippen molar-refractivity contribution >= 4 is 27.4 Å². The van der Waals surface area contributed by atoms with Crippen molar-refractivity contribution in [3.05, 3.63) is 30.5 Å². The van der Waals surface area contributed by atoms with Crippen molar-refractivity contribution in [2.24, 2.45) is 0 Å². The first-order chi connectivity index (χ1) is 9.70. The number of anilines is 1. The van der Waals surface area contributed by atoms with Crippen molar-refractivity contribution in [2.75, 3.05) is 19.5 Å². The van der Waals surface area contributed by atoms with Gasteiger partial charge < -0.3 is 20.1 Å². The van der Waals surface area contributed by atoms with Gasteiger partial charge in [-0.1, -0.05) is 12.1 Å². The molecule has 0 radical (unpaired) electrons. The molecule has 20 heavy (non-hydrogen) atoms. The average Bonchev–Trinajstić information content (AvgIpc) is 2.97. The SMILES string of the molecule is COCCn1cc(O)c(-c2nc3ccccc3s2)c1N. The number of thiazole rings is 1. The van der Waals surface area contributed by atoms with E-state index in [2.05, 4.69) is 4.98 Å². The molecular formula is C14H15N3O2S. The van der Waals surface area contributed by atoms with Gasteiger partial charge in [-0.3, -0.25) is 0 Å². The second-order valence-electron chi connectivity index (χ2n) is 4.45. The second-order valence-corrected chi connectivity index (χ2v) is 5.48. The second kappa shape index (κ2) is 5.15. The maximum atomic E-state index is 10.1. The number of nitrogens with two attached hydrogens (primary N) is 1.